The minimum Gasteiger partial charge on any atom is -0.250 e. The number of hydrogen-bond acceptors (Lipinski definition) is 2. The van der Waals surface area contributed by atoms with Crippen LogP contribution in [0.15, 0.2) is 6.20 Å². The Labute approximate surface area is 52.5 Å². The molecule has 0 amide bonds. The van der Waals surface area contributed by atoms with E-state index in [4.69, 9.17) is 0 Å². The van der Waals surface area contributed by atoms with Crippen LogP contribution in [-0.2, 0) is 6.54 Å². The second kappa shape index (κ2) is 2.57. The van der Waals surface area contributed by atoms with Gasteiger partial charge in [-0.05, 0) is 6.92 Å². The molecule has 0 N–H and O–H groups in total. The normalized spacial score (nSPS) is 10.0. The third kappa shape index (κ3) is 1.48. The lowest BCUT2D eigenvalue weighted by Gasteiger charge is -1.89. The molecule has 1 heterocycles. The van der Waals surface area contributed by atoms with E-state index in [1.165, 1.54) is 4.68 Å². The molecule has 0 saturated heterocycles. The van der Waals surface area contributed by atoms with Crippen molar-refractivity contribution in [1.82, 2.24) is 15.0 Å². The van der Waals surface area contributed by atoms with Crippen molar-refractivity contribution >= 4 is 0 Å². The van der Waals surface area contributed by atoms with Gasteiger partial charge in [0.15, 0.2) is 0 Å². The van der Waals surface area contributed by atoms with E-state index >= 15 is 0 Å². The molecule has 1 aromatic rings. The highest BCUT2D eigenvalue weighted by Crippen LogP contribution is 1.88. The molecule has 0 spiro atoms. The van der Waals surface area contributed by atoms with Crippen LogP contribution in [0.3, 0.4) is 0 Å². The van der Waals surface area contributed by atoms with E-state index in [0.29, 0.717) is 6.54 Å². The van der Waals surface area contributed by atoms with Crippen molar-refractivity contribution < 1.29 is 4.39 Å². The highest BCUT2D eigenvalue weighted by Gasteiger charge is 1.91. The molecular weight excluding hydrogens is 120 g/mol. The highest BCUT2D eigenvalue weighted by atomic mass is 18.2. The average Bonchev–Trinajstić information content (AvgIpc) is 2.17. The van der Waals surface area contributed by atoms with Crippen molar-refractivity contribution in [2.24, 2.45) is 0 Å². The lowest BCUT2D eigenvalue weighted by atomic mass is 10.5. The summed E-state index contributed by atoms with van der Waals surface area (Å²) < 4.78 is 13.1. The summed E-state index contributed by atoms with van der Waals surface area (Å²) in [5.41, 5.74) is 0.823. The van der Waals surface area contributed by atoms with Gasteiger partial charge in [0.25, 0.3) is 0 Å². The Balaban J connectivity index is 2.61. The molecule has 0 unspecified atom stereocenters. The van der Waals surface area contributed by atoms with Crippen LogP contribution in [-0.4, -0.2) is 21.7 Å². The zero-order valence-corrected chi connectivity index (χ0v) is 5.21. The molecule has 0 bridgehead atoms. The molecule has 4 heteroatoms. The number of alkyl halides is 1. The Kier molecular flexibility index (Phi) is 1.77. The maximum absolute atomic E-state index is 11.6. The Morgan fingerprint density at radius 2 is 2.56 bits per heavy atom. The van der Waals surface area contributed by atoms with E-state index in [1.807, 2.05) is 6.92 Å². The molecule has 1 aromatic heterocycles. The van der Waals surface area contributed by atoms with Crippen LogP contribution in [0, 0.1) is 6.92 Å². The number of nitrogens with zero attached hydrogens (tertiary/aromatic N) is 3. The third-order valence-electron chi connectivity index (χ3n) is 0.967. The summed E-state index contributed by atoms with van der Waals surface area (Å²) in [6.07, 6.45) is 1.71. The van der Waals surface area contributed by atoms with Crippen LogP contribution in [0.1, 0.15) is 5.69 Å². The van der Waals surface area contributed by atoms with Gasteiger partial charge in [-0.1, -0.05) is 5.21 Å². The number of hydrogen-bond donors (Lipinski definition) is 0. The predicted octanol–water partition coefficient (Wildman–Crippen LogP) is 0.556. The Hall–Kier alpha value is -0.930. The van der Waals surface area contributed by atoms with Crippen LogP contribution < -0.4 is 0 Å². The molecule has 1 rings (SSSR count). The Bertz CT molecular complexity index is 184. The van der Waals surface area contributed by atoms with Gasteiger partial charge in [0, 0.05) is 6.20 Å². The standard InChI is InChI=1S/C5H8FN3/c1-5-4-9(3-2-6)8-7-5/h4H,2-3H2,1H3/i6-1. The first kappa shape index (κ1) is 6.19. The first-order valence-electron chi connectivity index (χ1n) is 2.75. The molecular formula is C5H8FN3. The summed E-state index contributed by atoms with van der Waals surface area (Å²) in [7, 11) is 0. The van der Waals surface area contributed by atoms with Crippen molar-refractivity contribution in [1.29, 1.82) is 0 Å². The zero-order chi connectivity index (χ0) is 6.69. The summed E-state index contributed by atoms with van der Waals surface area (Å²) in [6.45, 7) is 1.74. The topological polar surface area (TPSA) is 30.7 Å². The van der Waals surface area contributed by atoms with E-state index in [9.17, 15) is 4.39 Å². The highest BCUT2D eigenvalue weighted by molar-refractivity contribution is 4.86. The lowest BCUT2D eigenvalue weighted by molar-refractivity contribution is 0.422. The average molecular weight is 128 g/mol. The molecule has 0 aliphatic rings. The number of halogens is 1. The SMILES string of the molecule is Cc1cn(CC[18F])nn1. The molecule has 50 valence electrons. The molecule has 0 saturated carbocycles. The Morgan fingerprint density at radius 3 is 3.00 bits per heavy atom. The molecule has 0 fully saturated rings. The number of rotatable bonds is 2. The lowest BCUT2D eigenvalue weighted by Crippen LogP contribution is -1.99. The molecule has 9 heavy (non-hydrogen) atoms. The predicted molar refractivity (Wildman–Crippen MR) is 30.7 cm³/mol. The van der Waals surface area contributed by atoms with E-state index in [-0.39, 0.29) is 6.67 Å². The van der Waals surface area contributed by atoms with Crippen LogP contribution in [0.4, 0.5) is 4.39 Å². The first-order chi connectivity index (χ1) is 4.33. The van der Waals surface area contributed by atoms with Crippen molar-refractivity contribution in [3.8, 4) is 0 Å². The summed E-state index contributed by atoms with van der Waals surface area (Å²) >= 11 is 0. The minimum atomic E-state index is -0.386. The minimum absolute atomic E-state index is 0.306. The number of aryl methyl sites for hydroxylation is 2. The fourth-order valence-electron chi connectivity index (χ4n) is 0.591. The largest absolute Gasteiger partial charge is 0.250 e. The van der Waals surface area contributed by atoms with Crippen molar-refractivity contribution in [2.45, 2.75) is 13.5 Å². The van der Waals surface area contributed by atoms with Gasteiger partial charge < -0.3 is 0 Å². The van der Waals surface area contributed by atoms with Gasteiger partial charge in [-0.3, -0.25) is 0 Å². The van der Waals surface area contributed by atoms with Crippen LogP contribution in [0.25, 0.3) is 0 Å². The Morgan fingerprint density at radius 1 is 1.78 bits per heavy atom. The maximum Gasteiger partial charge on any atom is 0.109 e. The smallest absolute Gasteiger partial charge is 0.109 e. The van der Waals surface area contributed by atoms with E-state index in [2.05, 4.69) is 10.3 Å². The van der Waals surface area contributed by atoms with Gasteiger partial charge in [-0.15, -0.1) is 5.10 Å². The molecule has 3 nitrogen and oxygen atoms in total. The van der Waals surface area contributed by atoms with Gasteiger partial charge in [0.05, 0.1) is 12.2 Å². The third-order valence-corrected chi connectivity index (χ3v) is 0.967. The van der Waals surface area contributed by atoms with Gasteiger partial charge in [-0.2, -0.15) is 0 Å². The van der Waals surface area contributed by atoms with Crippen molar-refractivity contribution in [2.75, 3.05) is 6.67 Å². The molecule has 0 aliphatic carbocycles. The first-order valence-corrected chi connectivity index (χ1v) is 2.75. The quantitative estimate of drug-likeness (QED) is 0.582. The van der Waals surface area contributed by atoms with Gasteiger partial charge in [-0.25, -0.2) is 9.07 Å². The van der Waals surface area contributed by atoms with E-state index in [1.54, 1.807) is 6.20 Å². The molecule has 0 radical (unpaired) electrons. The van der Waals surface area contributed by atoms with Crippen LogP contribution >= 0.6 is 0 Å². The summed E-state index contributed by atoms with van der Waals surface area (Å²) in [4.78, 5) is 0. The van der Waals surface area contributed by atoms with Crippen LogP contribution in [0.2, 0.25) is 0 Å². The van der Waals surface area contributed by atoms with Crippen molar-refractivity contribution in [3.63, 3.8) is 0 Å². The zero-order valence-electron chi connectivity index (χ0n) is 5.21. The molecule has 0 aromatic carbocycles. The van der Waals surface area contributed by atoms with Gasteiger partial charge >= 0.3 is 0 Å². The number of aromatic nitrogens is 3. The monoisotopic (exact) mass is 128 g/mol. The van der Waals surface area contributed by atoms with Crippen molar-refractivity contribution in [3.05, 3.63) is 11.9 Å². The fourth-order valence-corrected chi connectivity index (χ4v) is 0.591. The molecule has 0 aliphatic heterocycles. The fraction of sp³-hybridized carbons (Fsp3) is 0.600. The summed E-state index contributed by atoms with van der Waals surface area (Å²) in [5.74, 6) is 0. The second-order valence-corrected chi connectivity index (χ2v) is 1.81. The second-order valence-electron chi connectivity index (χ2n) is 1.81. The van der Waals surface area contributed by atoms with Gasteiger partial charge in [0.2, 0.25) is 0 Å². The van der Waals surface area contributed by atoms with E-state index < -0.39 is 0 Å². The molecule has 0 atom stereocenters. The van der Waals surface area contributed by atoms with Crippen LogP contribution in [0.5, 0.6) is 0 Å². The summed E-state index contributed by atoms with van der Waals surface area (Å²) in [5, 5.41) is 7.31. The maximum atomic E-state index is 11.6. The summed E-state index contributed by atoms with van der Waals surface area (Å²) in [6, 6.07) is 0. The van der Waals surface area contributed by atoms with E-state index in [0.717, 1.165) is 5.69 Å². The van der Waals surface area contributed by atoms with Gasteiger partial charge in [0.1, 0.15) is 6.67 Å².